The van der Waals surface area contributed by atoms with Crippen molar-refractivity contribution in [3.8, 4) is 0 Å². The minimum Gasteiger partial charge on any atom is -1.00 e. The Kier molecular flexibility index (Phi) is 5.38. The van der Waals surface area contributed by atoms with Crippen LogP contribution in [0.25, 0.3) is 0 Å². The van der Waals surface area contributed by atoms with E-state index in [4.69, 9.17) is 5.73 Å². The number of rotatable bonds is 0. The molecule has 1 nitrogen and oxygen atoms in total. The van der Waals surface area contributed by atoms with Gasteiger partial charge in [0.05, 0.1) is 0 Å². The van der Waals surface area contributed by atoms with Crippen LogP contribution in [0.3, 0.4) is 0 Å². The van der Waals surface area contributed by atoms with Crippen LogP contribution in [0, 0.1) is 0 Å². The van der Waals surface area contributed by atoms with Crippen molar-refractivity contribution in [3.05, 3.63) is 0 Å². The van der Waals surface area contributed by atoms with Gasteiger partial charge in [-0.3, -0.25) is 0 Å². The van der Waals surface area contributed by atoms with E-state index in [0.29, 0.717) is 6.04 Å². The van der Waals surface area contributed by atoms with Crippen LogP contribution in [0.5, 0.6) is 0 Å². The topological polar surface area (TPSA) is 26.0 Å². The van der Waals surface area contributed by atoms with Crippen LogP contribution in [0.2, 0.25) is 0 Å². The van der Waals surface area contributed by atoms with E-state index >= 15 is 0 Å². The van der Waals surface area contributed by atoms with Crippen molar-refractivity contribution in [3.63, 3.8) is 0 Å². The molecule has 1 aliphatic carbocycles. The predicted molar refractivity (Wildman–Crippen MR) is 32.2 cm³/mol. The molecule has 2 heteroatoms. The predicted octanol–water partition coefficient (Wildman–Crippen LogP) is -1.61. The molecule has 44 valence electrons. The molecule has 0 aliphatic heterocycles. The molecular formula is C6H14NNa. The fourth-order valence-corrected chi connectivity index (χ4v) is 1.13. The van der Waals surface area contributed by atoms with Crippen molar-refractivity contribution in [2.75, 3.05) is 0 Å². The van der Waals surface area contributed by atoms with Crippen molar-refractivity contribution >= 4 is 0 Å². The summed E-state index contributed by atoms with van der Waals surface area (Å²) in [7, 11) is 0. The van der Waals surface area contributed by atoms with E-state index in [9.17, 15) is 0 Å². The molecule has 0 bridgehead atoms. The second kappa shape index (κ2) is 4.80. The van der Waals surface area contributed by atoms with Gasteiger partial charge in [-0.1, -0.05) is 19.3 Å². The maximum absolute atomic E-state index is 5.63. The van der Waals surface area contributed by atoms with Crippen LogP contribution in [0.1, 0.15) is 33.5 Å². The monoisotopic (exact) mass is 123 g/mol. The Morgan fingerprint density at radius 1 is 1.12 bits per heavy atom. The Morgan fingerprint density at radius 2 is 1.62 bits per heavy atom. The molecule has 8 heavy (non-hydrogen) atoms. The maximum Gasteiger partial charge on any atom is 1.00 e. The molecule has 0 aromatic heterocycles. The zero-order chi connectivity index (χ0) is 5.11. The minimum atomic E-state index is 0. The van der Waals surface area contributed by atoms with Gasteiger partial charge in [0.2, 0.25) is 0 Å². The Labute approximate surface area is 74.8 Å². The van der Waals surface area contributed by atoms with E-state index in [1.165, 1.54) is 32.1 Å². The molecule has 0 atom stereocenters. The van der Waals surface area contributed by atoms with E-state index in [1.807, 2.05) is 0 Å². The molecule has 0 unspecified atom stereocenters. The Hall–Kier alpha value is 0.960. The molecule has 0 saturated heterocycles. The largest absolute Gasteiger partial charge is 1.00 e. The van der Waals surface area contributed by atoms with Gasteiger partial charge in [-0.05, 0) is 12.8 Å². The SMILES string of the molecule is NC1CCCCC1.[H-].[Na+]. The summed E-state index contributed by atoms with van der Waals surface area (Å²) < 4.78 is 0. The summed E-state index contributed by atoms with van der Waals surface area (Å²) in [5, 5.41) is 0. The van der Waals surface area contributed by atoms with Gasteiger partial charge in [-0.25, -0.2) is 0 Å². The van der Waals surface area contributed by atoms with Gasteiger partial charge in [0.25, 0.3) is 0 Å². The van der Waals surface area contributed by atoms with Crippen molar-refractivity contribution in [1.82, 2.24) is 0 Å². The third kappa shape index (κ3) is 3.08. The van der Waals surface area contributed by atoms with Crippen molar-refractivity contribution in [1.29, 1.82) is 0 Å². The first-order chi connectivity index (χ1) is 3.39. The van der Waals surface area contributed by atoms with E-state index in [0.717, 1.165) is 0 Å². The van der Waals surface area contributed by atoms with Gasteiger partial charge in [0.15, 0.2) is 0 Å². The average Bonchev–Trinajstić information content (AvgIpc) is 1.69. The van der Waals surface area contributed by atoms with Crippen LogP contribution >= 0.6 is 0 Å². The third-order valence-electron chi connectivity index (χ3n) is 1.65. The van der Waals surface area contributed by atoms with Gasteiger partial charge in [0, 0.05) is 6.04 Å². The van der Waals surface area contributed by atoms with Gasteiger partial charge in [0.1, 0.15) is 0 Å². The fourth-order valence-electron chi connectivity index (χ4n) is 1.13. The van der Waals surface area contributed by atoms with Gasteiger partial charge in [-0.2, -0.15) is 0 Å². The van der Waals surface area contributed by atoms with Crippen LogP contribution in [-0.4, -0.2) is 6.04 Å². The normalized spacial score (nSPS) is 22.1. The molecular weight excluding hydrogens is 109 g/mol. The smallest absolute Gasteiger partial charge is 1.00 e. The van der Waals surface area contributed by atoms with Gasteiger partial charge >= 0.3 is 29.6 Å². The molecule has 1 fully saturated rings. The summed E-state index contributed by atoms with van der Waals surface area (Å²) in [4.78, 5) is 0. The Bertz CT molecular complexity index is 55.0. The number of hydrogen-bond donors (Lipinski definition) is 1. The fraction of sp³-hybridized carbons (Fsp3) is 1.00. The second-order valence-electron chi connectivity index (χ2n) is 2.40. The van der Waals surface area contributed by atoms with Crippen LogP contribution in [-0.2, 0) is 0 Å². The molecule has 0 spiro atoms. The maximum atomic E-state index is 5.63. The van der Waals surface area contributed by atoms with Crippen molar-refractivity contribution in [2.45, 2.75) is 38.1 Å². The summed E-state index contributed by atoms with van der Waals surface area (Å²) in [6.07, 6.45) is 6.66. The molecule has 0 aromatic rings. The molecule has 1 aliphatic rings. The van der Waals surface area contributed by atoms with Crippen LogP contribution in [0.4, 0.5) is 0 Å². The third-order valence-corrected chi connectivity index (χ3v) is 1.65. The first-order valence-electron chi connectivity index (χ1n) is 3.15. The Morgan fingerprint density at radius 3 is 1.88 bits per heavy atom. The van der Waals surface area contributed by atoms with E-state index in [2.05, 4.69) is 0 Å². The zero-order valence-electron chi connectivity index (χ0n) is 6.69. The summed E-state index contributed by atoms with van der Waals surface area (Å²) in [6, 6.07) is 0.536. The molecule has 1 rings (SSSR count). The number of hydrogen-bond acceptors (Lipinski definition) is 1. The zero-order valence-corrected chi connectivity index (χ0v) is 7.69. The van der Waals surface area contributed by atoms with Crippen molar-refractivity contribution < 1.29 is 31.0 Å². The molecule has 0 amide bonds. The van der Waals surface area contributed by atoms with Crippen molar-refractivity contribution in [2.24, 2.45) is 5.73 Å². The summed E-state index contributed by atoms with van der Waals surface area (Å²) in [6.45, 7) is 0. The van der Waals surface area contributed by atoms with Crippen LogP contribution < -0.4 is 35.3 Å². The van der Waals surface area contributed by atoms with E-state index in [1.54, 1.807) is 0 Å². The number of nitrogens with two attached hydrogens (primary N) is 1. The molecule has 1 saturated carbocycles. The second-order valence-corrected chi connectivity index (χ2v) is 2.40. The van der Waals surface area contributed by atoms with E-state index in [-0.39, 0.29) is 31.0 Å². The molecule has 0 heterocycles. The molecule has 0 radical (unpaired) electrons. The Balaban J connectivity index is 0. The first-order valence-corrected chi connectivity index (χ1v) is 3.15. The minimum absolute atomic E-state index is 0. The molecule has 2 N–H and O–H groups in total. The van der Waals surface area contributed by atoms with Gasteiger partial charge < -0.3 is 7.16 Å². The summed E-state index contributed by atoms with van der Waals surface area (Å²) >= 11 is 0. The van der Waals surface area contributed by atoms with E-state index < -0.39 is 0 Å². The molecule has 0 aromatic carbocycles. The quantitative estimate of drug-likeness (QED) is 0.385. The first kappa shape index (κ1) is 8.96. The standard InChI is InChI=1S/C6H13N.Na.H/c7-6-4-2-1-3-5-6;;/h6H,1-5,7H2;;/q;+1;-1. The summed E-state index contributed by atoms with van der Waals surface area (Å²) in [5.41, 5.74) is 5.63. The van der Waals surface area contributed by atoms with Crippen LogP contribution in [0.15, 0.2) is 0 Å². The van der Waals surface area contributed by atoms with Gasteiger partial charge in [-0.15, -0.1) is 0 Å². The summed E-state index contributed by atoms with van der Waals surface area (Å²) in [5.74, 6) is 0. The average molecular weight is 123 g/mol.